The van der Waals surface area contributed by atoms with Gasteiger partial charge >= 0.3 is 0 Å². The number of pyridine rings is 1. The van der Waals surface area contributed by atoms with Crippen LogP contribution in [0.4, 0.5) is 0 Å². The molecule has 1 atom stereocenters. The Morgan fingerprint density at radius 1 is 1.00 bits per heavy atom. The molecule has 1 amide bonds. The molecule has 3 aromatic rings. The lowest BCUT2D eigenvalue weighted by Crippen LogP contribution is -2.43. The Labute approximate surface area is 215 Å². The lowest BCUT2D eigenvalue weighted by Gasteiger charge is -2.32. The number of amides is 1. The zero-order valence-electron chi connectivity index (χ0n) is 19.2. The Hall–Kier alpha value is -2.15. The van der Waals surface area contributed by atoms with E-state index in [1.807, 2.05) is 31.2 Å². The first-order valence-electron chi connectivity index (χ1n) is 11.1. The lowest BCUT2D eigenvalue weighted by atomic mass is 9.92. The number of carbonyl (C=O) groups excluding carboxylic acids is 1. The summed E-state index contributed by atoms with van der Waals surface area (Å²) in [6, 6.07) is 14.9. The first kappa shape index (κ1) is 25.0. The van der Waals surface area contributed by atoms with Gasteiger partial charge < -0.3 is 10.6 Å². The fourth-order valence-electron chi connectivity index (χ4n) is 4.36. The summed E-state index contributed by atoms with van der Waals surface area (Å²) < 4.78 is 0. The lowest BCUT2D eigenvalue weighted by molar-refractivity contribution is -0.118. The average molecular weight is 518 g/mol. The van der Waals surface area contributed by atoms with E-state index >= 15 is 0 Å². The van der Waals surface area contributed by atoms with Crippen LogP contribution in [0.3, 0.4) is 0 Å². The second kappa shape index (κ2) is 10.6. The maximum Gasteiger partial charge on any atom is 0.231 e. The van der Waals surface area contributed by atoms with Crippen LogP contribution in [0.1, 0.15) is 28.3 Å². The molecule has 0 saturated carbocycles. The Morgan fingerprint density at radius 3 is 2.26 bits per heavy atom. The van der Waals surface area contributed by atoms with Gasteiger partial charge in [0.2, 0.25) is 5.91 Å². The van der Waals surface area contributed by atoms with Crippen LogP contribution in [0.25, 0.3) is 11.3 Å². The summed E-state index contributed by atoms with van der Waals surface area (Å²) in [5.74, 6) is -1.44. The van der Waals surface area contributed by atoms with E-state index in [-0.39, 0.29) is 0 Å². The number of rotatable bonds is 6. The molecule has 0 bridgehead atoms. The molecule has 178 valence electrons. The maximum atomic E-state index is 12.7. The number of aromatic nitrogens is 1. The number of nitrogens with two attached hydrogens (primary N) is 1. The predicted octanol–water partition coefficient (Wildman–Crippen LogP) is 5.38. The third-order valence-electron chi connectivity index (χ3n) is 6.32. The summed E-state index contributed by atoms with van der Waals surface area (Å²) in [4.78, 5) is 22.3. The minimum atomic E-state index is -0.883. The normalized spacial score (nSPS) is 15.9. The SMILES string of the molecule is Cc1c(Cl)cccc1-c1cc(CN2CCN(C)CC2)cc(C(C(N)=O)c2c(Cl)cccc2Cl)n1. The van der Waals surface area contributed by atoms with E-state index in [1.165, 1.54) is 0 Å². The zero-order valence-corrected chi connectivity index (χ0v) is 21.5. The predicted molar refractivity (Wildman–Crippen MR) is 140 cm³/mol. The molecule has 0 radical (unpaired) electrons. The highest BCUT2D eigenvalue weighted by Gasteiger charge is 2.28. The van der Waals surface area contributed by atoms with Crippen LogP contribution < -0.4 is 5.73 Å². The van der Waals surface area contributed by atoms with Crippen LogP contribution in [-0.2, 0) is 11.3 Å². The van der Waals surface area contributed by atoms with Crippen molar-refractivity contribution in [2.75, 3.05) is 33.2 Å². The third-order valence-corrected chi connectivity index (χ3v) is 7.39. The quantitative estimate of drug-likeness (QED) is 0.477. The first-order chi connectivity index (χ1) is 16.2. The molecule has 1 aliphatic heterocycles. The van der Waals surface area contributed by atoms with Gasteiger partial charge in [0.15, 0.2) is 0 Å². The minimum absolute atomic E-state index is 0.378. The molecule has 1 aromatic heterocycles. The van der Waals surface area contributed by atoms with Gasteiger partial charge in [-0.2, -0.15) is 0 Å². The number of carbonyl (C=O) groups is 1. The van der Waals surface area contributed by atoms with E-state index in [0.717, 1.165) is 55.1 Å². The summed E-state index contributed by atoms with van der Waals surface area (Å²) in [6.45, 7) is 6.65. The standard InChI is InChI=1S/C26H27Cl3N4O/c1-16-18(5-3-6-19(16)27)22-13-17(15-33-11-9-32(2)10-12-33)14-23(31-22)25(26(30)34)24-20(28)7-4-8-21(24)29/h3-8,13-14,25H,9-12,15H2,1-2H3,(H2,30,34). The van der Waals surface area contributed by atoms with Crippen LogP contribution >= 0.6 is 34.8 Å². The Balaban J connectivity index is 1.85. The Morgan fingerprint density at radius 2 is 1.62 bits per heavy atom. The van der Waals surface area contributed by atoms with Crippen LogP contribution in [0.2, 0.25) is 15.1 Å². The largest absolute Gasteiger partial charge is 0.369 e. The smallest absolute Gasteiger partial charge is 0.231 e. The molecule has 4 rings (SSSR count). The molecule has 0 aliphatic carbocycles. The summed E-state index contributed by atoms with van der Waals surface area (Å²) in [6.07, 6.45) is 0. The van der Waals surface area contributed by atoms with Crippen LogP contribution in [0.5, 0.6) is 0 Å². The molecule has 5 nitrogen and oxygen atoms in total. The minimum Gasteiger partial charge on any atom is -0.369 e. The van der Waals surface area contributed by atoms with Crippen molar-refractivity contribution < 1.29 is 4.79 Å². The molecule has 2 heterocycles. The van der Waals surface area contributed by atoms with Gasteiger partial charge in [-0.25, -0.2) is 0 Å². The molecular weight excluding hydrogens is 491 g/mol. The molecule has 8 heteroatoms. The summed E-state index contributed by atoms with van der Waals surface area (Å²) in [5, 5.41) is 1.41. The van der Waals surface area contributed by atoms with Crippen molar-refractivity contribution >= 4 is 40.7 Å². The number of hydrogen-bond acceptors (Lipinski definition) is 4. The van der Waals surface area contributed by atoms with E-state index in [1.54, 1.807) is 18.2 Å². The van der Waals surface area contributed by atoms with Crippen molar-refractivity contribution in [2.45, 2.75) is 19.4 Å². The van der Waals surface area contributed by atoms with Crippen molar-refractivity contribution in [1.82, 2.24) is 14.8 Å². The topological polar surface area (TPSA) is 62.5 Å². The van der Waals surface area contributed by atoms with Gasteiger partial charge in [0.25, 0.3) is 0 Å². The molecule has 1 saturated heterocycles. The van der Waals surface area contributed by atoms with E-state index in [2.05, 4.69) is 22.9 Å². The zero-order chi connectivity index (χ0) is 24.4. The second-order valence-electron chi connectivity index (χ2n) is 8.75. The number of benzene rings is 2. The van der Waals surface area contributed by atoms with Crippen molar-refractivity contribution in [3.63, 3.8) is 0 Å². The fraction of sp³-hybridized carbons (Fsp3) is 0.308. The van der Waals surface area contributed by atoms with E-state index in [4.69, 9.17) is 45.5 Å². The molecule has 2 aromatic carbocycles. The summed E-state index contributed by atoms with van der Waals surface area (Å²) >= 11 is 19.4. The molecule has 1 fully saturated rings. The van der Waals surface area contributed by atoms with Gasteiger partial charge in [-0.05, 0) is 55.4 Å². The van der Waals surface area contributed by atoms with E-state index in [9.17, 15) is 4.79 Å². The molecule has 0 spiro atoms. The highest BCUT2D eigenvalue weighted by Crippen LogP contribution is 2.37. The average Bonchev–Trinajstić information content (AvgIpc) is 2.79. The van der Waals surface area contributed by atoms with Crippen molar-refractivity contribution in [3.05, 3.63) is 86.0 Å². The number of piperazine rings is 1. The van der Waals surface area contributed by atoms with Gasteiger partial charge in [-0.15, -0.1) is 0 Å². The number of primary amides is 1. The Kier molecular flexibility index (Phi) is 7.80. The van der Waals surface area contributed by atoms with Gasteiger partial charge in [0.05, 0.1) is 11.4 Å². The van der Waals surface area contributed by atoms with Crippen molar-refractivity contribution in [3.8, 4) is 11.3 Å². The van der Waals surface area contributed by atoms with Crippen molar-refractivity contribution in [1.29, 1.82) is 0 Å². The molecule has 34 heavy (non-hydrogen) atoms. The molecule has 2 N–H and O–H groups in total. The van der Waals surface area contributed by atoms with Crippen LogP contribution in [-0.4, -0.2) is 53.9 Å². The summed E-state index contributed by atoms with van der Waals surface area (Å²) in [7, 11) is 2.13. The second-order valence-corrected chi connectivity index (χ2v) is 9.97. The fourth-order valence-corrected chi connectivity index (χ4v) is 5.15. The highest BCUT2D eigenvalue weighted by molar-refractivity contribution is 6.36. The molecular formula is C26H27Cl3N4O. The highest BCUT2D eigenvalue weighted by atomic mass is 35.5. The first-order valence-corrected chi connectivity index (χ1v) is 12.3. The van der Waals surface area contributed by atoms with Gasteiger partial charge in [0, 0.05) is 58.9 Å². The monoisotopic (exact) mass is 516 g/mol. The number of hydrogen-bond donors (Lipinski definition) is 1. The summed E-state index contributed by atoms with van der Waals surface area (Å²) in [5.41, 5.74) is 10.5. The van der Waals surface area contributed by atoms with Crippen LogP contribution in [0.15, 0.2) is 48.5 Å². The molecule has 1 unspecified atom stereocenters. The maximum absolute atomic E-state index is 12.7. The van der Waals surface area contributed by atoms with Crippen LogP contribution in [0, 0.1) is 6.92 Å². The van der Waals surface area contributed by atoms with Gasteiger partial charge in [-0.1, -0.05) is 53.0 Å². The third kappa shape index (κ3) is 5.40. The van der Waals surface area contributed by atoms with E-state index in [0.29, 0.717) is 26.3 Å². The van der Waals surface area contributed by atoms with Gasteiger partial charge in [0.1, 0.15) is 5.92 Å². The molecule has 1 aliphatic rings. The van der Waals surface area contributed by atoms with E-state index < -0.39 is 11.8 Å². The number of likely N-dealkylation sites (N-methyl/N-ethyl adjacent to an activating group) is 1. The number of nitrogens with zero attached hydrogens (tertiary/aromatic N) is 3. The number of halogens is 3. The van der Waals surface area contributed by atoms with Gasteiger partial charge in [-0.3, -0.25) is 14.7 Å². The Bertz CT molecular complexity index is 1190. The van der Waals surface area contributed by atoms with Crippen molar-refractivity contribution in [2.24, 2.45) is 5.73 Å².